The average molecular weight is 333 g/mol. The summed E-state index contributed by atoms with van der Waals surface area (Å²) in [7, 11) is 9.19. The van der Waals surface area contributed by atoms with Crippen LogP contribution in [0.3, 0.4) is 0 Å². The van der Waals surface area contributed by atoms with Gasteiger partial charge in [0.1, 0.15) is 0 Å². The Morgan fingerprint density at radius 2 is 1.00 bits per heavy atom. The summed E-state index contributed by atoms with van der Waals surface area (Å²) < 4.78 is 15.3. The fourth-order valence-corrected chi connectivity index (χ4v) is 9.82. The molecule has 17 heavy (non-hydrogen) atoms. The van der Waals surface area contributed by atoms with Crippen LogP contribution in [0.5, 0.6) is 0 Å². The van der Waals surface area contributed by atoms with Gasteiger partial charge in [-0.2, -0.15) is 0 Å². The highest BCUT2D eigenvalue weighted by Crippen LogP contribution is 2.50. The zero-order valence-corrected chi connectivity index (χ0v) is 13.5. The Morgan fingerprint density at radius 1 is 0.588 bits per heavy atom. The van der Waals surface area contributed by atoms with Gasteiger partial charge in [0.2, 0.25) is 0 Å². The van der Waals surface area contributed by atoms with E-state index in [1.165, 1.54) is 0 Å². The Balaban J connectivity index is 1.42. The van der Waals surface area contributed by atoms with E-state index in [9.17, 15) is 0 Å². The van der Waals surface area contributed by atoms with Gasteiger partial charge in [0.15, 0.2) is 0 Å². The minimum atomic E-state index is 0.869. The fraction of sp³-hybridized carbons (Fsp3) is 1.00. The van der Waals surface area contributed by atoms with Crippen LogP contribution in [0.25, 0.3) is 0 Å². The summed E-state index contributed by atoms with van der Waals surface area (Å²) in [4.78, 5) is 0. The van der Waals surface area contributed by atoms with Crippen LogP contribution in [-0.2, 0) is 9.47 Å². The molecule has 2 fully saturated rings. The molecule has 2 heterocycles. The summed E-state index contributed by atoms with van der Waals surface area (Å²) in [5, 5.41) is 0. The highest BCUT2D eigenvalue weighted by atomic mass is 33.8. The first kappa shape index (κ1) is 15.0. The normalized spacial score (nSPS) is 24.0. The van der Waals surface area contributed by atoms with E-state index in [2.05, 4.69) is 8.61 Å². The maximum Gasteiger partial charge on any atom is 0.0603 e. The van der Waals surface area contributed by atoms with Crippen LogP contribution in [0.4, 0.5) is 0 Å². The lowest BCUT2D eigenvalue weighted by molar-refractivity contribution is 0.0779. The molecule has 2 aliphatic rings. The second-order valence-corrected chi connectivity index (χ2v) is 11.0. The molecule has 0 atom stereocenters. The van der Waals surface area contributed by atoms with Crippen LogP contribution in [0, 0.1) is 0 Å². The number of rotatable bonds is 6. The monoisotopic (exact) mass is 332 g/mol. The largest absolute Gasteiger partial charge is 0.379 e. The van der Waals surface area contributed by atoms with Gasteiger partial charge >= 0.3 is 0 Å². The SMILES string of the molecule is C1CN(SSSSSN2CCOCC2)CCO1. The molecule has 0 radical (unpaired) electrons. The summed E-state index contributed by atoms with van der Waals surface area (Å²) in [6.07, 6.45) is 0. The Morgan fingerprint density at radius 3 is 1.41 bits per heavy atom. The first-order chi connectivity index (χ1) is 8.45. The van der Waals surface area contributed by atoms with Gasteiger partial charge < -0.3 is 9.47 Å². The van der Waals surface area contributed by atoms with Gasteiger partial charge in [-0.1, -0.05) is 0 Å². The molecule has 0 aromatic rings. The zero-order valence-electron chi connectivity index (χ0n) is 9.41. The van der Waals surface area contributed by atoms with Crippen LogP contribution in [-0.4, -0.2) is 61.2 Å². The summed E-state index contributed by atoms with van der Waals surface area (Å²) in [6.45, 7) is 7.64. The number of hydrogen-bond acceptors (Lipinski definition) is 9. The molecule has 0 unspecified atom stereocenters. The van der Waals surface area contributed by atoms with E-state index >= 15 is 0 Å². The first-order valence-electron chi connectivity index (χ1n) is 5.45. The third-order valence-electron chi connectivity index (χ3n) is 2.27. The maximum atomic E-state index is 5.31. The van der Waals surface area contributed by atoms with Crippen LogP contribution in [0.2, 0.25) is 0 Å². The smallest absolute Gasteiger partial charge is 0.0603 e. The summed E-state index contributed by atoms with van der Waals surface area (Å²) in [6, 6.07) is 0. The van der Waals surface area contributed by atoms with E-state index in [4.69, 9.17) is 9.47 Å². The lowest BCUT2D eigenvalue weighted by Gasteiger charge is -2.25. The molecule has 9 heteroatoms. The predicted molar refractivity (Wildman–Crippen MR) is 82.7 cm³/mol. The number of nitrogens with zero attached hydrogens (tertiary/aromatic N) is 2. The molecule has 0 aromatic heterocycles. The van der Waals surface area contributed by atoms with Gasteiger partial charge in [-0.05, 0) is 0 Å². The van der Waals surface area contributed by atoms with E-state index in [1.807, 2.05) is 51.4 Å². The van der Waals surface area contributed by atoms with Crippen molar-refractivity contribution in [2.75, 3.05) is 52.6 Å². The third-order valence-corrected chi connectivity index (χ3v) is 10.7. The molecular formula is C8H16N2O2S5. The Kier molecular flexibility index (Phi) is 8.36. The van der Waals surface area contributed by atoms with Crippen molar-refractivity contribution in [1.82, 2.24) is 8.61 Å². The molecule has 4 nitrogen and oxygen atoms in total. The second-order valence-electron chi connectivity index (χ2n) is 3.44. The van der Waals surface area contributed by atoms with Crippen LogP contribution < -0.4 is 0 Å². The molecule has 0 bridgehead atoms. The van der Waals surface area contributed by atoms with E-state index in [-0.39, 0.29) is 0 Å². The third kappa shape index (κ3) is 6.53. The molecule has 100 valence electrons. The van der Waals surface area contributed by atoms with Gasteiger partial charge in [0.05, 0.1) is 26.4 Å². The van der Waals surface area contributed by atoms with Crippen molar-refractivity contribution in [1.29, 1.82) is 0 Å². The van der Waals surface area contributed by atoms with Gasteiger partial charge in [-0.3, -0.25) is 0 Å². The summed E-state index contributed by atoms with van der Waals surface area (Å²) in [5.74, 6) is 0. The molecular weight excluding hydrogens is 316 g/mol. The second kappa shape index (κ2) is 9.49. The number of hydrogen-bond donors (Lipinski definition) is 0. The number of morpholine rings is 2. The average Bonchev–Trinajstić information content (AvgIpc) is 2.41. The highest BCUT2D eigenvalue weighted by molar-refractivity contribution is 9.35. The van der Waals surface area contributed by atoms with Gasteiger partial charge in [0, 0.05) is 77.6 Å². The molecule has 0 aliphatic carbocycles. The maximum absolute atomic E-state index is 5.31. The van der Waals surface area contributed by atoms with Crippen molar-refractivity contribution < 1.29 is 9.47 Å². The summed E-state index contributed by atoms with van der Waals surface area (Å²) in [5.41, 5.74) is 0. The van der Waals surface area contributed by atoms with Crippen molar-refractivity contribution >= 4 is 51.4 Å². The predicted octanol–water partition coefficient (Wildman–Crippen LogP) is 2.81. The van der Waals surface area contributed by atoms with Crippen molar-refractivity contribution in [2.45, 2.75) is 0 Å². The quantitative estimate of drug-likeness (QED) is 0.413. The lowest BCUT2D eigenvalue weighted by Crippen LogP contribution is -2.30. The Labute approximate surface area is 122 Å². The minimum absolute atomic E-state index is 0.869. The molecule has 0 saturated carbocycles. The Bertz CT molecular complexity index is 182. The van der Waals surface area contributed by atoms with Crippen molar-refractivity contribution in [3.63, 3.8) is 0 Å². The molecule has 0 spiro atoms. The van der Waals surface area contributed by atoms with Gasteiger partial charge in [-0.15, -0.1) is 0 Å². The first-order valence-corrected chi connectivity index (χ1v) is 11.5. The topological polar surface area (TPSA) is 24.9 Å². The lowest BCUT2D eigenvalue weighted by atomic mass is 10.5. The fourth-order valence-electron chi connectivity index (χ4n) is 1.36. The molecule has 0 N–H and O–H groups in total. The Hall–Kier alpha value is 1.59. The standard InChI is InChI=1S/C8H16N2O2S5/c1-5-11-6-2-9(1)13-15-17-16-14-10-3-7-12-8-4-10/h1-8H2. The summed E-state index contributed by atoms with van der Waals surface area (Å²) >= 11 is 0. The van der Waals surface area contributed by atoms with E-state index in [0.29, 0.717) is 0 Å². The molecule has 2 saturated heterocycles. The van der Waals surface area contributed by atoms with Crippen LogP contribution >= 0.6 is 51.4 Å². The van der Waals surface area contributed by atoms with E-state index < -0.39 is 0 Å². The van der Waals surface area contributed by atoms with E-state index in [0.717, 1.165) is 52.6 Å². The molecule has 0 aromatic carbocycles. The van der Waals surface area contributed by atoms with Crippen molar-refractivity contribution in [2.24, 2.45) is 0 Å². The van der Waals surface area contributed by atoms with Crippen LogP contribution in [0.15, 0.2) is 0 Å². The highest BCUT2D eigenvalue weighted by Gasteiger charge is 2.13. The van der Waals surface area contributed by atoms with Crippen molar-refractivity contribution in [3.05, 3.63) is 0 Å². The number of ether oxygens (including phenoxy) is 2. The van der Waals surface area contributed by atoms with Crippen molar-refractivity contribution in [3.8, 4) is 0 Å². The van der Waals surface area contributed by atoms with Gasteiger partial charge in [0.25, 0.3) is 0 Å². The zero-order chi connectivity index (χ0) is 11.8. The molecule has 0 amide bonds. The van der Waals surface area contributed by atoms with Gasteiger partial charge in [-0.25, -0.2) is 8.61 Å². The minimum Gasteiger partial charge on any atom is -0.379 e. The molecule has 2 rings (SSSR count). The van der Waals surface area contributed by atoms with Crippen LogP contribution in [0.1, 0.15) is 0 Å². The molecule has 2 aliphatic heterocycles. The van der Waals surface area contributed by atoms with E-state index in [1.54, 1.807) is 0 Å².